The third-order valence-corrected chi connectivity index (χ3v) is 4.81. The van der Waals surface area contributed by atoms with Crippen molar-refractivity contribution in [1.29, 1.82) is 0 Å². The molecule has 1 aliphatic rings. The van der Waals surface area contributed by atoms with E-state index in [1.165, 1.54) is 12.1 Å². The van der Waals surface area contributed by atoms with Crippen molar-refractivity contribution >= 4 is 18.4 Å². The molecule has 0 amide bonds. The monoisotopic (exact) mass is 456 g/mol. The van der Waals surface area contributed by atoms with Crippen LogP contribution in [0.1, 0.15) is 19.4 Å². The third kappa shape index (κ3) is 7.50. The predicted octanol–water partition coefficient (Wildman–Crippen LogP) is 4.89. The zero-order chi connectivity index (χ0) is 23.2. The van der Waals surface area contributed by atoms with Crippen molar-refractivity contribution in [2.45, 2.75) is 20.3 Å². The molecule has 0 spiro atoms. The molecule has 1 aliphatic heterocycles. The number of pyridine rings is 2. The molecule has 0 saturated carbocycles. The molecule has 0 unspecified atom stereocenters. The SMILES string of the molecule is CC.CS.Fc1ccc(-c2ccnc(N3CCNCC3)c2)c(OCCc2cccnc2)c1. The summed E-state index contributed by atoms with van der Waals surface area (Å²) in [5.74, 6) is 1.17. The quantitative estimate of drug-likeness (QED) is 0.518. The van der Waals surface area contributed by atoms with Gasteiger partial charge in [-0.1, -0.05) is 19.9 Å². The molecule has 1 N–H and O–H groups in total. The average Bonchev–Trinajstić information content (AvgIpc) is 2.88. The standard InChI is InChI=1S/C22H23FN4O.C2H6.CH4S/c23-19-3-4-20(21(15-19)28-13-6-17-2-1-7-25-16-17)18-5-8-26-22(14-18)27-11-9-24-10-12-27;2*1-2/h1-5,7-8,14-16,24H,6,9-13H2;1-2H3;2H,1H3. The highest BCUT2D eigenvalue weighted by atomic mass is 32.1. The maximum Gasteiger partial charge on any atom is 0.130 e. The van der Waals surface area contributed by atoms with E-state index in [0.29, 0.717) is 18.8 Å². The van der Waals surface area contributed by atoms with Crippen LogP contribution in [0.5, 0.6) is 5.75 Å². The molecule has 1 fully saturated rings. The summed E-state index contributed by atoms with van der Waals surface area (Å²) in [6.45, 7) is 8.21. The predicted molar refractivity (Wildman–Crippen MR) is 134 cm³/mol. The summed E-state index contributed by atoms with van der Waals surface area (Å²) >= 11 is 3.53. The molecule has 0 atom stereocenters. The van der Waals surface area contributed by atoms with Crippen LogP contribution in [0.15, 0.2) is 61.1 Å². The second kappa shape index (κ2) is 14.4. The number of piperazine rings is 1. The lowest BCUT2D eigenvalue weighted by Crippen LogP contribution is -2.43. The first kappa shape index (κ1) is 25.6. The Bertz CT molecular complexity index is 921. The lowest BCUT2D eigenvalue weighted by atomic mass is 10.1. The number of rotatable bonds is 6. The van der Waals surface area contributed by atoms with E-state index in [2.05, 4.69) is 32.8 Å². The van der Waals surface area contributed by atoms with Crippen molar-refractivity contribution < 1.29 is 9.13 Å². The van der Waals surface area contributed by atoms with Gasteiger partial charge in [-0.2, -0.15) is 12.6 Å². The van der Waals surface area contributed by atoms with Gasteiger partial charge in [-0.05, 0) is 47.7 Å². The highest BCUT2D eigenvalue weighted by Crippen LogP contribution is 2.32. The molecule has 3 aromatic rings. The highest BCUT2D eigenvalue weighted by Gasteiger charge is 2.14. The number of ether oxygens (including phenoxy) is 1. The molecule has 1 saturated heterocycles. The average molecular weight is 457 g/mol. The summed E-state index contributed by atoms with van der Waals surface area (Å²) in [6, 6.07) is 12.6. The van der Waals surface area contributed by atoms with Crippen molar-refractivity contribution in [1.82, 2.24) is 15.3 Å². The van der Waals surface area contributed by atoms with Crippen LogP contribution >= 0.6 is 12.6 Å². The first-order chi connectivity index (χ1) is 15.8. The Kier molecular flexibility index (Phi) is 11.6. The number of benzene rings is 1. The molecule has 2 aromatic heterocycles. The van der Waals surface area contributed by atoms with Gasteiger partial charge in [0.2, 0.25) is 0 Å². The van der Waals surface area contributed by atoms with Crippen LogP contribution in [0.4, 0.5) is 10.2 Å². The first-order valence-electron chi connectivity index (χ1n) is 11.0. The Hall–Kier alpha value is -2.64. The minimum atomic E-state index is -0.309. The van der Waals surface area contributed by atoms with Crippen molar-refractivity contribution in [3.63, 3.8) is 0 Å². The number of aromatic nitrogens is 2. The maximum absolute atomic E-state index is 13.9. The summed E-state index contributed by atoms with van der Waals surface area (Å²) in [6.07, 6.45) is 7.77. The minimum Gasteiger partial charge on any atom is -0.492 e. The van der Waals surface area contributed by atoms with E-state index in [4.69, 9.17) is 4.74 Å². The van der Waals surface area contributed by atoms with Crippen LogP contribution in [0, 0.1) is 5.82 Å². The lowest BCUT2D eigenvalue weighted by molar-refractivity contribution is 0.321. The molecular weight excluding hydrogens is 423 g/mol. The normalized spacial score (nSPS) is 12.7. The van der Waals surface area contributed by atoms with Gasteiger partial charge in [-0.25, -0.2) is 9.37 Å². The lowest BCUT2D eigenvalue weighted by Gasteiger charge is -2.28. The van der Waals surface area contributed by atoms with E-state index >= 15 is 0 Å². The van der Waals surface area contributed by atoms with Gasteiger partial charge in [-0.3, -0.25) is 4.98 Å². The summed E-state index contributed by atoms with van der Waals surface area (Å²) in [5, 5.41) is 3.35. The Labute approximate surface area is 196 Å². The number of thiol groups is 1. The summed E-state index contributed by atoms with van der Waals surface area (Å²) in [4.78, 5) is 10.9. The largest absolute Gasteiger partial charge is 0.492 e. The zero-order valence-corrected chi connectivity index (χ0v) is 20.0. The summed E-state index contributed by atoms with van der Waals surface area (Å²) in [5.41, 5.74) is 2.93. The zero-order valence-electron chi connectivity index (χ0n) is 19.1. The third-order valence-electron chi connectivity index (χ3n) is 4.81. The van der Waals surface area contributed by atoms with Crippen molar-refractivity contribution in [2.24, 2.45) is 0 Å². The van der Waals surface area contributed by atoms with E-state index in [1.807, 2.05) is 44.3 Å². The van der Waals surface area contributed by atoms with E-state index in [0.717, 1.165) is 48.7 Å². The summed E-state index contributed by atoms with van der Waals surface area (Å²) in [7, 11) is 0. The Balaban J connectivity index is 0.000000860. The fourth-order valence-corrected chi connectivity index (χ4v) is 3.33. The Morgan fingerprint density at radius 1 is 1.06 bits per heavy atom. The molecule has 7 heteroatoms. The van der Waals surface area contributed by atoms with Crippen LogP contribution < -0.4 is 15.0 Å². The van der Waals surface area contributed by atoms with Crippen LogP contribution in [0.3, 0.4) is 0 Å². The second-order valence-electron chi connectivity index (χ2n) is 6.74. The number of hydrogen-bond acceptors (Lipinski definition) is 6. The maximum atomic E-state index is 13.9. The molecular formula is C25H33FN4OS. The Morgan fingerprint density at radius 3 is 2.56 bits per heavy atom. The van der Waals surface area contributed by atoms with Crippen LogP contribution in [0.2, 0.25) is 0 Å². The number of anilines is 1. The molecule has 172 valence electrons. The van der Waals surface area contributed by atoms with Gasteiger partial charge in [0.05, 0.1) is 6.61 Å². The second-order valence-corrected chi connectivity index (χ2v) is 6.74. The van der Waals surface area contributed by atoms with Gasteiger partial charge >= 0.3 is 0 Å². The van der Waals surface area contributed by atoms with Gasteiger partial charge in [0.25, 0.3) is 0 Å². The van der Waals surface area contributed by atoms with E-state index in [9.17, 15) is 4.39 Å². The van der Waals surface area contributed by atoms with Gasteiger partial charge in [0.1, 0.15) is 17.4 Å². The molecule has 5 nitrogen and oxygen atoms in total. The number of nitrogens with zero attached hydrogens (tertiary/aromatic N) is 3. The fourth-order valence-electron chi connectivity index (χ4n) is 3.33. The smallest absolute Gasteiger partial charge is 0.130 e. The van der Waals surface area contributed by atoms with Gasteiger partial charge < -0.3 is 15.0 Å². The van der Waals surface area contributed by atoms with Crippen LogP contribution in [0.25, 0.3) is 11.1 Å². The summed E-state index contributed by atoms with van der Waals surface area (Å²) < 4.78 is 19.8. The molecule has 0 bridgehead atoms. The highest BCUT2D eigenvalue weighted by molar-refractivity contribution is 7.79. The van der Waals surface area contributed by atoms with Crippen LogP contribution in [-0.2, 0) is 6.42 Å². The fraction of sp³-hybridized carbons (Fsp3) is 0.360. The van der Waals surface area contributed by atoms with E-state index < -0.39 is 0 Å². The van der Waals surface area contributed by atoms with Crippen molar-refractivity contribution in [3.8, 4) is 16.9 Å². The van der Waals surface area contributed by atoms with Crippen molar-refractivity contribution in [2.75, 3.05) is 43.9 Å². The minimum absolute atomic E-state index is 0.309. The topological polar surface area (TPSA) is 50.3 Å². The number of halogens is 1. The van der Waals surface area contributed by atoms with Gasteiger partial charge in [0.15, 0.2) is 0 Å². The van der Waals surface area contributed by atoms with Gasteiger partial charge in [0, 0.05) is 62.8 Å². The number of nitrogens with one attached hydrogen (secondary N) is 1. The van der Waals surface area contributed by atoms with Crippen molar-refractivity contribution in [3.05, 3.63) is 72.4 Å². The van der Waals surface area contributed by atoms with Crippen LogP contribution in [-0.4, -0.2) is 49.0 Å². The number of hydrogen-bond donors (Lipinski definition) is 2. The first-order valence-corrected chi connectivity index (χ1v) is 11.9. The van der Waals surface area contributed by atoms with E-state index in [1.54, 1.807) is 24.7 Å². The molecule has 3 heterocycles. The molecule has 0 aliphatic carbocycles. The molecule has 1 aromatic carbocycles. The molecule has 32 heavy (non-hydrogen) atoms. The Morgan fingerprint density at radius 2 is 1.84 bits per heavy atom. The van der Waals surface area contributed by atoms with E-state index in [-0.39, 0.29) is 5.82 Å². The van der Waals surface area contributed by atoms with Gasteiger partial charge in [-0.15, -0.1) is 0 Å². The molecule has 4 rings (SSSR count). The molecule has 0 radical (unpaired) electrons.